The van der Waals surface area contributed by atoms with E-state index in [9.17, 15) is 4.79 Å². The third-order valence-electron chi connectivity index (χ3n) is 4.28. The molecule has 0 atom stereocenters. The van der Waals surface area contributed by atoms with Gasteiger partial charge in [0.25, 0.3) is 5.91 Å². The van der Waals surface area contributed by atoms with E-state index in [1.165, 1.54) is 0 Å². The van der Waals surface area contributed by atoms with E-state index in [-0.39, 0.29) is 18.3 Å². The third-order valence-corrected chi connectivity index (χ3v) is 4.28. The molecule has 3 aromatic rings. The van der Waals surface area contributed by atoms with Gasteiger partial charge in [-0.2, -0.15) is 5.10 Å². The summed E-state index contributed by atoms with van der Waals surface area (Å²) >= 11 is 0. The van der Waals surface area contributed by atoms with Gasteiger partial charge in [-0.25, -0.2) is 9.36 Å². The van der Waals surface area contributed by atoms with Crippen LogP contribution in [0.3, 0.4) is 0 Å². The van der Waals surface area contributed by atoms with Crippen molar-refractivity contribution in [1.82, 2.24) is 30.1 Å². The number of hydrogen-bond acceptors (Lipinski definition) is 5. The number of carbonyl (C=O) groups is 1. The molecule has 3 heterocycles. The second kappa shape index (κ2) is 8.11. The lowest BCUT2D eigenvalue weighted by atomic mass is 10.1. The maximum absolute atomic E-state index is 12.4. The Morgan fingerprint density at radius 2 is 1.92 bits per heavy atom. The summed E-state index contributed by atoms with van der Waals surface area (Å²) in [6.45, 7) is 1.92. The number of carbonyl (C=O) groups excluding carboxylic acids is 1. The van der Waals surface area contributed by atoms with Crippen LogP contribution < -0.4 is 10.6 Å². The molecule has 0 spiro atoms. The molecule has 0 saturated carbocycles. The van der Waals surface area contributed by atoms with Crippen LogP contribution in [0.1, 0.15) is 29.4 Å². The van der Waals surface area contributed by atoms with Gasteiger partial charge in [-0.05, 0) is 38.1 Å². The standard InChI is InChI=1S/C17H19N7O.ClH/c25-17(15-12-24(22-20-15)14-6-9-18-10-7-14)19-16-8-11-23(21-16)13-4-2-1-3-5-13;/h1-5,8,11-12,14,18H,6-7,9-10H2,(H,19,21,25);1H. The molecule has 1 aliphatic rings. The molecule has 2 aromatic heterocycles. The topological polar surface area (TPSA) is 89.7 Å². The number of aromatic nitrogens is 5. The highest BCUT2D eigenvalue weighted by atomic mass is 35.5. The second-order valence-corrected chi connectivity index (χ2v) is 6.00. The molecule has 26 heavy (non-hydrogen) atoms. The van der Waals surface area contributed by atoms with E-state index in [4.69, 9.17) is 0 Å². The first kappa shape index (κ1) is 18.1. The highest BCUT2D eigenvalue weighted by molar-refractivity contribution is 6.02. The van der Waals surface area contributed by atoms with Crippen molar-refractivity contribution in [1.29, 1.82) is 0 Å². The Balaban J connectivity index is 0.00000196. The van der Waals surface area contributed by atoms with Crippen LogP contribution in [0.15, 0.2) is 48.8 Å². The largest absolute Gasteiger partial charge is 0.317 e. The Hall–Kier alpha value is -2.71. The lowest BCUT2D eigenvalue weighted by Crippen LogP contribution is -2.29. The molecule has 9 heteroatoms. The van der Waals surface area contributed by atoms with Crippen molar-refractivity contribution in [3.8, 4) is 5.69 Å². The molecule has 1 saturated heterocycles. The molecule has 4 rings (SSSR count). The van der Waals surface area contributed by atoms with Crippen molar-refractivity contribution < 1.29 is 4.79 Å². The van der Waals surface area contributed by atoms with E-state index in [0.717, 1.165) is 31.6 Å². The molecule has 1 aromatic carbocycles. The number of nitrogens with zero attached hydrogens (tertiary/aromatic N) is 5. The summed E-state index contributed by atoms with van der Waals surface area (Å²) in [5.41, 5.74) is 1.23. The minimum atomic E-state index is -0.307. The van der Waals surface area contributed by atoms with Crippen molar-refractivity contribution in [3.63, 3.8) is 0 Å². The van der Waals surface area contributed by atoms with Gasteiger partial charge in [0.15, 0.2) is 11.5 Å². The number of hydrogen-bond donors (Lipinski definition) is 2. The summed E-state index contributed by atoms with van der Waals surface area (Å²) in [6.07, 6.45) is 5.49. The first-order valence-corrected chi connectivity index (χ1v) is 8.34. The molecule has 0 bridgehead atoms. The molecule has 0 unspecified atom stereocenters. The van der Waals surface area contributed by atoms with Gasteiger partial charge in [0, 0.05) is 12.3 Å². The summed E-state index contributed by atoms with van der Waals surface area (Å²) in [6, 6.07) is 11.8. The van der Waals surface area contributed by atoms with Crippen LogP contribution in [0.2, 0.25) is 0 Å². The normalized spacial score (nSPS) is 14.6. The highest BCUT2D eigenvalue weighted by Gasteiger charge is 2.19. The number of nitrogens with one attached hydrogen (secondary N) is 2. The van der Waals surface area contributed by atoms with Crippen LogP contribution >= 0.6 is 12.4 Å². The smallest absolute Gasteiger partial charge is 0.279 e. The summed E-state index contributed by atoms with van der Waals surface area (Å²) in [4.78, 5) is 12.4. The molecule has 0 aliphatic carbocycles. The molecule has 1 aliphatic heterocycles. The number of piperidine rings is 1. The van der Waals surface area contributed by atoms with Gasteiger partial charge in [0.05, 0.1) is 17.9 Å². The number of anilines is 1. The maximum atomic E-state index is 12.4. The number of amides is 1. The number of rotatable bonds is 4. The van der Waals surface area contributed by atoms with Gasteiger partial charge in [0.2, 0.25) is 0 Å². The molecule has 2 N–H and O–H groups in total. The molecular formula is C17H20ClN7O. The number of benzene rings is 1. The predicted molar refractivity (Wildman–Crippen MR) is 99.9 cm³/mol. The summed E-state index contributed by atoms with van der Waals surface area (Å²) in [5.74, 6) is 0.170. The Morgan fingerprint density at radius 3 is 2.69 bits per heavy atom. The fourth-order valence-corrected chi connectivity index (χ4v) is 2.93. The third kappa shape index (κ3) is 3.92. The van der Waals surface area contributed by atoms with E-state index in [1.54, 1.807) is 27.8 Å². The van der Waals surface area contributed by atoms with Crippen LogP contribution in [0, 0.1) is 0 Å². The Bertz CT molecular complexity index is 855. The minimum Gasteiger partial charge on any atom is -0.317 e. The van der Waals surface area contributed by atoms with E-state index >= 15 is 0 Å². The molecule has 136 valence electrons. The van der Waals surface area contributed by atoms with Crippen LogP contribution in [0.4, 0.5) is 5.82 Å². The lowest BCUT2D eigenvalue weighted by Gasteiger charge is -2.21. The van der Waals surface area contributed by atoms with E-state index < -0.39 is 0 Å². The fourth-order valence-electron chi connectivity index (χ4n) is 2.93. The average Bonchev–Trinajstić information content (AvgIpc) is 3.33. The van der Waals surface area contributed by atoms with Gasteiger partial charge >= 0.3 is 0 Å². The van der Waals surface area contributed by atoms with E-state index in [0.29, 0.717) is 17.6 Å². The molecule has 1 amide bonds. The zero-order valence-corrected chi connectivity index (χ0v) is 14.9. The first-order valence-electron chi connectivity index (χ1n) is 8.34. The van der Waals surface area contributed by atoms with Crippen LogP contribution in [-0.2, 0) is 0 Å². The zero-order chi connectivity index (χ0) is 17.1. The SMILES string of the molecule is Cl.O=C(Nc1ccn(-c2ccccc2)n1)c1cn(C2CCNCC2)nn1. The molecule has 8 nitrogen and oxygen atoms in total. The summed E-state index contributed by atoms with van der Waals surface area (Å²) in [7, 11) is 0. The summed E-state index contributed by atoms with van der Waals surface area (Å²) < 4.78 is 3.50. The average molecular weight is 374 g/mol. The van der Waals surface area contributed by atoms with Crippen LogP contribution in [0.25, 0.3) is 5.69 Å². The van der Waals surface area contributed by atoms with Crippen LogP contribution in [-0.4, -0.2) is 43.8 Å². The second-order valence-electron chi connectivity index (χ2n) is 6.00. The van der Waals surface area contributed by atoms with E-state index in [1.807, 2.05) is 30.3 Å². The number of para-hydroxylation sites is 1. The molecule has 0 radical (unpaired) electrons. The van der Waals surface area contributed by atoms with Gasteiger partial charge in [-0.1, -0.05) is 23.4 Å². The molecule has 1 fully saturated rings. The quantitative estimate of drug-likeness (QED) is 0.730. The first-order chi connectivity index (χ1) is 12.3. The summed E-state index contributed by atoms with van der Waals surface area (Å²) in [5, 5.41) is 18.5. The monoisotopic (exact) mass is 373 g/mol. The van der Waals surface area contributed by atoms with Crippen molar-refractivity contribution in [2.24, 2.45) is 0 Å². The Kier molecular flexibility index (Phi) is 5.65. The molecular weight excluding hydrogens is 354 g/mol. The fraction of sp³-hybridized carbons (Fsp3) is 0.294. The lowest BCUT2D eigenvalue weighted by molar-refractivity contribution is 0.102. The Labute approximate surface area is 157 Å². The van der Waals surface area contributed by atoms with Crippen molar-refractivity contribution in [2.75, 3.05) is 18.4 Å². The van der Waals surface area contributed by atoms with Crippen molar-refractivity contribution >= 4 is 24.1 Å². The number of halogens is 1. The van der Waals surface area contributed by atoms with Gasteiger partial charge < -0.3 is 10.6 Å². The highest BCUT2D eigenvalue weighted by Crippen LogP contribution is 2.17. The van der Waals surface area contributed by atoms with Gasteiger partial charge in [-0.3, -0.25) is 4.79 Å². The minimum absolute atomic E-state index is 0. The van der Waals surface area contributed by atoms with Gasteiger partial charge in [0.1, 0.15) is 0 Å². The Morgan fingerprint density at radius 1 is 1.15 bits per heavy atom. The van der Waals surface area contributed by atoms with Crippen molar-refractivity contribution in [3.05, 3.63) is 54.5 Å². The van der Waals surface area contributed by atoms with E-state index in [2.05, 4.69) is 26.0 Å². The van der Waals surface area contributed by atoms with Gasteiger partial charge in [-0.15, -0.1) is 17.5 Å². The van der Waals surface area contributed by atoms with Crippen molar-refractivity contribution in [2.45, 2.75) is 18.9 Å². The zero-order valence-electron chi connectivity index (χ0n) is 14.1. The maximum Gasteiger partial charge on any atom is 0.279 e. The predicted octanol–water partition coefficient (Wildman–Crippen LogP) is 2.06. The van der Waals surface area contributed by atoms with Crippen LogP contribution in [0.5, 0.6) is 0 Å².